The highest BCUT2D eigenvalue weighted by Gasteiger charge is 2.09. The summed E-state index contributed by atoms with van der Waals surface area (Å²) in [5, 5.41) is 2.94. The van der Waals surface area contributed by atoms with Gasteiger partial charge in [-0.3, -0.25) is 4.79 Å². The largest absolute Gasteiger partial charge is 0.380 e. The van der Waals surface area contributed by atoms with Crippen molar-refractivity contribution < 1.29 is 14.3 Å². The lowest BCUT2D eigenvalue weighted by atomic mass is 10.1. The highest BCUT2D eigenvalue weighted by atomic mass is 16.5. The van der Waals surface area contributed by atoms with E-state index in [0.717, 1.165) is 16.8 Å². The number of rotatable bonds is 7. The van der Waals surface area contributed by atoms with Gasteiger partial charge in [-0.2, -0.15) is 0 Å². The normalized spacial score (nSPS) is 10.5. The molecule has 0 atom stereocenters. The maximum Gasteiger partial charge on any atom is 0.255 e. The summed E-state index contributed by atoms with van der Waals surface area (Å²) in [6.45, 7) is 3.62. The number of nitrogens with one attached hydrogen (secondary N) is 1. The molecule has 4 heteroatoms. The highest BCUT2D eigenvalue weighted by Crippen LogP contribution is 2.17. The van der Waals surface area contributed by atoms with Gasteiger partial charge in [0.05, 0.1) is 13.2 Å². The molecule has 0 heterocycles. The van der Waals surface area contributed by atoms with Crippen LogP contribution in [-0.2, 0) is 22.7 Å². The summed E-state index contributed by atoms with van der Waals surface area (Å²) in [5.74, 6) is -0.132. The summed E-state index contributed by atoms with van der Waals surface area (Å²) in [6.07, 6.45) is 0. The first-order valence-corrected chi connectivity index (χ1v) is 7.29. The molecule has 4 nitrogen and oxygen atoms in total. The van der Waals surface area contributed by atoms with E-state index in [-0.39, 0.29) is 5.91 Å². The first-order chi connectivity index (χ1) is 10.7. The number of para-hydroxylation sites is 1. The first-order valence-electron chi connectivity index (χ1n) is 7.29. The van der Waals surface area contributed by atoms with Crippen LogP contribution in [-0.4, -0.2) is 19.6 Å². The number of benzene rings is 2. The van der Waals surface area contributed by atoms with Crippen molar-refractivity contribution in [3.63, 3.8) is 0 Å². The zero-order chi connectivity index (χ0) is 15.8. The monoisotopic (exact) mass is 299 g/mol. The van der Waals surface area contributed by atoms with Crippen molar-refractivity contribution in [3.05, 3.63) is 65.2 Å². The Labute approximate surface area is 131 Å². The van der Waals surface area contributed by atoms with Crippen LogP contribution in [0.25, 0.3) is 0 Å². The fourth-order valence-corrected chi connectivity index (χ4v) is 2.09. The number of ether oxygens (including phenoxy) is 2. The Bertz CT molecular complexity index is 608. The predicted molar refractivity (Wildman–Crippen MR) is 86.9 cm³/mol. The number of carbonyl (C=O) groups excluding carboxylic acids is 1. The lowest BCUT2D eigenvalue weighted by Crippen LogP contribution is -2.13. The van der Waals surface area contributed by atoms with E-state index in [9.17, 15) is 4.79 Å². The molecule has 0 saturated heterocycles. The van der Waals surface area contributed by atoms with Crippen LogP contribution in [0.4, 0.5) is 5.69 Å². The van der Waals surface area contributed by atoms with Gasteiger partial charge in [-0.05, 0) is 30.7 Å². The van der Waals surface area contributed by atoms with Gasteiger partial charge in [0.2, 0.25) is 0 Å². The second kappa shape index (κ2) is 8.32. The van der Waals surface area contributed by atoms with Gasteiger partial charge in [0.1, 0.15) is 0 Å². The van der Waals surface area contributed by atoms with Crippen molar-refractivity contribution >= 4 is 11.6 Å². The standard InChI is InChI=1S/C18H21NO3/c1-3-22-13-16-6-4-5-7-17(16)19-18(20)15-10-8-14(9-11-15)12-21-2/h4-11H,3,12-13H2,1-2H3,(H,19,20). The van der Waals surface area contributed by atoms with E-state index in [4.69, 9.17) is 9.47 Å². The van der Waals surface area contributed by atoms with Crippen LogP contribution in [0.1, 0.15) is 28.4 Å². The average molecular weight is 299 g/mol. The fourth-order valence-electron chi connectivity index (χ4n) is 2.09. The van der Waals surface area contributed by atoms with Crippen molar-refractivity contribution in [2.75, 3.05) is 19.0 Å². The number of methoxy groups -OCH3 is 1. The van der Waals surface area contributed by atoms with Gasteiger partial charge in [0.15, 0.2) is 0 Å². The molecule has 116 valence electrons. The minimum Gasteiger partial charge on any atom is -0.380 e. The second-order valence-corrected chi connectivity index (χ2v) is 4.88. The smallest absolute Gasteiger partial charge is 0.255 e. The number of anilines is 1. The summed E-state index contributed by atoms with van der Waals surface area (Å²) >= 11 is 0. The number of hydrogen-bond acceptors (Lipinski definition) is 3. The SMILES string of the molecule is CCOCc1ccccc1NC(=O)c1ccc(COC)cc1. The van der Waals surface area contributed by atoms with Gasteiger partial charge in [0.25, 0.3) is 5.91 Å². The van der Waals surface area contributed by atoms with E-state index in [0.29, 0.717) is 25.4 Å². The quantitative estimate of drug-likeness (QED) is 0.849. The van der Waals surface area contributed by atoms with Crippen LogP contribution in [0.5, 0.6) is 0 Å². The van der Waals surface area contributed by atoms with Gasteiger partial charge >= 0.3 is 0 Å². The molecule has 2 aromatic rings. The zero-order valence-corrected chi connectivity index (χ0v) is 13.0. The van der Waals surface area contributed by atoms with Crippen LogP contribution in [0.2, 0.25) is 0 Å². The summed E-state index contributed by atoms with van der Waals surface area (Å²) in [5.41, 5.74) is 3.40. The van der Waals surface area contributed by atoms with E-state index in [1.807, 2.05) is 43.3 Å². The molecule has 0 unspecified atom stereocenters. The molecule has 0 aromatic heterocycles. The molecule has 0 fully saturated rings. The van der Waals surface area contributed by atoms with Gasteiger partial charge in [-0.25, -0.2) is 0 Å². The third kappa shape index (κ3) is 4.41. The second-order valence-electron chi connectivity index (χ2n) is 4.88. The number of carbonyl (C=O) groups is 1. The fraction of sp³-hybridized carbons (Fsp3) is 0.278. The molecule has 2 aromatic carbocycles. The molecule has 0 aliphatic carbocycles. The van der Waals surface area contributed by atoms with Crippen molar-refractivity contribution in [1.82, 2.24) is 0 Å². The summed E-state index contributed by atoms with van der Waals surface area (Å²) < 4.78 is 10.5. The molecule has 0 radical (unpaired) electrons. The molecule has 0 saturated carbocycles. The van der Waals surface area contributed by atoms with Crippen LogP contribution in [0, 0.1) is 0 Å². The minimum absolute atomic E-state index is 0.132. The van der Waals surface area contributed by atoms with E-state index in [1.165, 1.54) is 0 Å². The molecule has 2 rings (SSSR count). The molecule has 1 N–H and O–H groups in total. The Balaban J connectivity index is 2.08. The Morgan fingerprint density at radius 3 is 2.45 bits per heavy atom. The first kappa shape index (κ1) is 16.2. The summed E-state index contributed by atoms with van der Waals surface area (Å²) in [6, 6.07) is 15.0. The van der Waals surface area contributed by atoms with Crippen molar-refractivity contribution in [3.8, 4) is 0 Å². The number of amides is 1. The molecule has 0 spiro atoms. The Hall–Kier alpha value is -2.17. The van der Waals surface area contributed by atoms with Crippen molar-refractivity contribution in [2.24, 2.45) is 0 Å². The van der Waals surface area contributed by atoms with Gasteiger partial charge in [-0.15, -0.1) is 0 Å². The minimum atomic E-state index is -0.132. The van der Waals surface area contributed by atoms with Crippen molar-refractivity contribution in [2.45, 2.75) is 20.1 Å². The highest BCUT2D eigenvalue weighted by molar-refractivity contribution is 6.04. The number of hydrogen-bond donors (Lipinski definition) is 1. The Morgan fingerprint density at radius 2 is 1.77 bits per heavy atom. The lowest BCUT2D eigenvalue weighted by molar-refractivity contribution is 0.102. The van der Waals surface area contributed by atoms with E-state index < -0.39 is 0 Å². The topological polar surface area (TPSA) is 47.6 Å². The molecule has 0 aliphatic rings. The predicted octanol–water partition coefficient (Wildman–Crippen LogP) is 3.62. The van der Waals surface area contributed by atoms with Gasteiger partial charge < -0.3 is 14.8 Å². The summed E-state index contributed by atoms with van der Waals surface area (Å²) in [7, 11) is 1.65. The average Bonchev–Trinajstić information content (AvgIpc) is 2.55. The van der Waals surface area contributed by atoms with Crippen LogP contribution >= 0.6 is 0 Å². The van der Waals surface area contributed by atoms with E-state index >= 15 is 0 Å². The molecular weight excluding hydrogens is 278 g/mol. The van der Waals surface area contributed by atoms with E-state index in [1.54, 1.807) is 19.2 Å². The third-order valence-electron chi connectivity index (χ3n) is 3.25. The van der Waals surface area contributed by atoms with Gasteiger partial charge in [-0.1, -0.05) is 30.3 Å². The van der Waals surface area contributed by atoms with E-state index in [2.05, 4.69) is 5.32 Å². The van der Waals surface area contributed by atoms with Crippen LogP contribution in [0.15, 0.2) is 48.5 Å². The molecule has 0 bridgehead atoms. The van der Waals surface area contributed by atoms with Crippen LogP contribution in [0.3, 0.4) is 0 Å². The van der Waals surface area contributed by atoms with Crippen LogP contribution < -0.4 is 5.32 Å². The summed E-state index contributed by atoms with van der Waals surface area (Å²) in [4.78, 5) is 12.3. The Kier molecular flexibility index (Phi) is 6.13. The Morgan fingerprint density at radius 1 is 1.05 bits per heavy atom. The molecular formula is C18H21NO3. The third-order valence-corrected chi connectivity index (χ3v) is 3.25. The van der Waals surface area contributed by atoms with Gasteiger partial charge in [0, 0.05) is 30.5 Å². The lowest BCUT2D eigenvalue weighted by Gasteiger charge is -2.11. The maximum atomic E-state index is 12.3. The molecule has 0 aliphatic heterocycles. The molecule has 1 amide bonds. The van der Waals surface area contributed by atoms with Crippen molar-refractivity contribution in [1.29, 1.82) is 0 Å². The maximum absolute atomic E-state index is 12.3. The molecule has 22 heavy (non-hydrogen) atoms. The zero-order valence-electron chi connectivity index (χ0n) is 13.0.